The van der Waals surface area contributed by atoms with Gasteiger partial charge in [0, 0.05) is 12.0 Å². The van der Waals surface area contributed by atoms with Crippen LogP contribution in [0.5, 0.6) is 0 Å². The number of carbonyl (C=O) groups is 3. The van der Waals surface area contributed by atoms with Crippen molar-refractivity contribution in [1.82, 2.24) is 10.6 Å². The Kier molecular flexibility index (Phi) is 5.99. The summed E-state index contributed by atoms with van der Waals surface area (Å²) < 4.78 is 10.2. The molecule has 1 unspecified atom stereocenters. The van der Waals surface area contributed by atoms with Crippen LogP contribution in [0, 0.1) is 0 Å². The van der Waals surface area contributed by atoms with Gasteiger partial charge in [-0.25, -0.2) is 14.4 Å². The molecule has 2 aliphatic heterocycles. The van der Waals surface area contributed by atoms with Gasteiger partial charge in [-0.05, 0) is 19.4 Å². The number of ether oxygens (including phenoxy) is 2. The third kappa shape index (κ3) is 4.01. The Labute approximate surface area is 163 Å². The fraction of sp³-hybridized carbons (Fsp3) is 0.450. The summed E-state index contributed by atoms with van der Waals surface area (Å²) in [5.41, 5.74) is 3.13. The van der Waals surface area contributed by atoms with Crippen LogP contribution in [0.3, 0.4) is 0 Å². The average molecular weight is 388 g/mol. The zero-order valence-electron chi connectivity index (χ0n) is 16.3. The van der Waals surface area contributed by atoms with E-state index in [-0.39, 0.29) is 18.6 Å². The first-order chi connectivity index (χ1) is 13.4. The van der Waals surface area contributed by atoms with Gasteiger partial charge in [-0.3, -0.25) is 0 Å². The Morgan fingerprint density at radius 1 is 1.25 bits per heavy atom. The number of carbonyl (C=O) groups excluding carboxylic acids is 3. The molecule has 3 rings (SSSR count). The first-order valence-electron chi connectivity index (χ1n) is 9.41. The molecule has 3 N–H and O–H groups in total. The quantitative estimate of drug-likeness (QED) is 0.601. The maximum Gasteiger partial charge on any atom is 0.365 e. The van der Waals surface area contributed by atoms with Crippen molar-refractivity contribution < 1.29 is 28.8 Å². The van der Waals surface area contributed by atoms with E-state index in [4.69, 9.17) is 9.47 Å². The van der Waals surface area contributed by atoms with Crippen LogP contribution in [0.15, 0.2) is 35.5 Å². The molecule has 0 saturated carbocycles. The second-order valence-electron chi connectivity index (χ2n) is 6.99. The Hall–Kier alpha value is -2.87. The van der Waals surface area contributed by atoms with Crippen LogP contribution in [0.2, 0.25) is 0 Å². The third-order valence-electron chi connectivity index (χ3n) is 5.21. The molecule has 0 bridgehead atoms. The molecule has 0 radical (unpaired) electrons. The number of rotatable bonds is 5. The topological polar surface area (TPSA) is 98.2 Å². The summed E-state index contributed by atoms with van der Waals surface area (Å²) >= 11 is 0. The van der Waals surface area contributed by atoms with Gasteiger partial charge in [0.05, 0.1) is 31.0 Å². The lowest BCUT2D eigenvalue weighted by Gasteiger charge is -2.34. The Bertz CT molecular complexity index is 820. The van der Waals surface area contributed by atoms with Gasteiger partial charge < -0.3 is 25.0 Å². The van der Waals surface area contributed by atoms with Crippen LogP contribution < -0.4 is 15.5 Å². The predicted octanol–water partition coefficient (Wildman–Crippen LogP) is -0.312. The van der Waals surface area contributed by atoms with Gasteiger partial charge in [-0.1, -0.05) is 24.3 Å². The zero-order valence-corrected chi connectivity index (χ0v) is 16.3. The van der Waals surface area contributed by atoms with Crippen molar-refractivity contribution >= 4 is 18.0 Å². The van der Waals surface area contributed by atoms with Crippen molar-refractivity contribution in [3.8, 4) is 0 Å². The Morgan fingerprint density at radius 3 is 2.64 bits per heavy atom. The molecule has 1 aromatic rings. The highest BCUT2D eigenvalue weighted by Gasteiger charge is 2.39. The zero-order chi connectivity index (χ0) is 20.3. The number of hydrogen-bond acceptors (Lipinski definition) is 5. The maximum absolute atomic E-state index is 12.5. The second-order valence-corrected chi connectivity index (χ2v) is 6.99. The van der Waals surface area contributed by atoms with Crippen molar-refractivity contribution in [2.45, 2.75) is 38.9 Å². The fourth-order valence-electron chi connectivity index (χ4n) is 3.89. The number of fused-ring (bicyclic) bond motifs is 1. The van der Waals surface area contributed by atoms with E-state index in [9.17, 15) is 14.4 Å². The number of amides is 2. The van der Waals surface area contributed by atoms with E-state index in [0.29, 0.717) is 30.8 Å². The number of hydrogen-bond donors (Lipinski definition) is 3. The summed E-state index contributed by atoms with van der Waals surface area (Å²) in [4.78, 5) is 37.8. The van der Waals surface area contributed by atoms with Crippen molar-refractivity contribution in [2.24, 2.45) is 0 Å². The van der Waals surface area contributed by atoms with Crippen molar-refractivity contribution in [3.63, 3.8) is 0 Å². The fourth-order valence-corrected chi connectivity index (χ4v) is 3.89. The van der Waals surface area contributed by atoms with E-state index in [2.05, 4.69) is 10.6 Å². The third-order valence-corrected chi connectivity index (χ3v) is 5.21. The summed E-state index contributed by atoms with van der Waals surface area (Å²) in [6, 6.07) is 6.70. The van der Waals surface area contributed by atoms with Gasteiger partial charge >= 0.3 is 18.0 Å². The number of nitrogens with one attached hydrogen (secondary N) is 3. The highest BCUT2D eigenvalue weighted by atomic mass is 16.5. The minimum atomic E-state index is -0.476. The van der Waals surface area contributed by atoms with Crippen LogP contribution in [0.4, 0.5) is 4.79 Å². The minimum Gasteiger partial charge on any atom is -0.465 e. The molecule has 2 amide bonds. The number of esters is 2. The molecule has 0 fully saturated rings. The lowest BCUT2D eigenvalue weighted by Crippen LogP contribution is -3.17. The second kappa shape index (κ2) is 8.43. The first-order valence-corrected chi connectivity index (χ1v) is 9.41. The van der Waals surface area contributed by atoms with E-state index in [1.165, 1.54) is 7.11 Å². The van der Waals surface area contributed by atoms with Crippen LogP contribution in [0.25, 0.3) is 0 Å². The van der Waals surface area contributed by atoms with Crippen LogP contribution in [-0.2, 0) is 32.0 Å². The average Bonchev–Trinajstić information content (AvgIpc) is 2.66. The molecule has 0 aliphatic carbocycles. The maximum atomic E-state index is 12.5. The molecular weight excluding hydrogens is 362 g/mol. The molecule has 0 spiro atoms. The summed E-state index contributed by atoms with van der Waals surface area (Å²) in [5, 5.41) is 5.43. The molecule has 1 aromatic carbocycles. The van der Waals surface area contributed by atoms with Gasteiger partial charge in [0.15, 0.2) is 6.04 Å². The standard InChI is InChI=1S/C20H25N3O5/c1-4-28-19(25)17-12(2)21-20(26)22-15(17)11-23-10-14-8-6-5-7-13(14)9-16(23)18(24)27-3/h5-8,12,16H,4,9-11H2,1-3H3,(H2,21,22,26)/p+1/t12-,16+/m0/s1. The van der Waals surface area contributed by atoms with Gasteiger partial charge in [0.2, 0.25) is 0 Å². The molecule has 8 heteroatoms. The number of methoxy groups -OCH3 is 1. The smallest absolute Gasteiger partial charge is 0.365 e. The number of benzene rings is 1. The molecule has 28 heavy (non-hydrogen) atoms. The monoisotopic (exact) mass is 388 g/mol. The van der Waals surface area contributed by atoms with E-state index >= 15 is 0 Å². The van der Waals surface area contributed by atoms with Crippen molar-refractivity contribution in [1.29, 1.82) is 0 Å². The minimum absolute atomic E-state index is 0.241. The molecule has 0 saturated heterocycles. The SMILES string of the molecule is CCOC(=O)C1=C(C[NH+]2Cc3ccccc3C[C@@H]2C(=O)OC)NC(=O)N[C@H]1C. The molecule has 0 aromatic heterocycles. The first kappa shape index (κ1) is 19.9. The highest BCUT2D eigenvalue weighted by Crippen LogP contribution is 2.17. The number of quaternary nitrogens is 1. The summed E-state index contributed by atoms with van der Waals surface area (Å²) in [6.07, 6.45) is 0.544. The predicted molar refractivity (Wildman–Crippen MR) is 100 cm³/mol. The van der Waals surface area contributed by atoms with Gasteiger partial charge in [-0.15, -0.1) is 0 Å². The Morgan fingerprint density at radius 2 is 1.96 bits per heavy atom. The molecular formula is C20H26N3O5+. The van der Waals surface area contributed by atoms with Gasteiger partial charge in [-0.2, -0.15) is 0 Å². The largest absolute Gasteiger partial charge is 0.465 e. The van der Waals surface area contributed by atoms with E-state index in [1.54, 1.807) is 13.8 Å². The lowest BCUT2D eigenvalue weighted by molar-refractivity contribution is -0.928. The highest BCUT2D eigenvalue weighted by molar-refractivity contribution is 5.94. The van der Waals surface area contributed by atoms with Crippen molar-refractivity contribution in [3.05, 3.63) is 46.7 Å². The lowest BCUT2D eigenvalue weighted by atomic mass is 9.93. The Balaban J connectivity index is 1.95. The van der Waals surface area contributed by atoms with Crippen LogP contribution in [-0.4, -0.2) is 50.3 Å². The molecule has 8 nitrogen and oxygen atoms in total. The molecule has 3 atom stereocenters. The molecule has 150 valence electrons. The van der Waals surface area contributed by atoms with Crippen LogP contribution >= 0.6 is 0 Å². The summed E-state index contributed by atoms with van der Waals surface area (Å²) in [7, 11) is 1.37. The van der Waals surface area contributed by atoms with E-state index in [1.807, 2.05) is 24.3 Å². The number of urea groups is 1. The van der Waals surface area contributed by atoms with Crippen LogP contribution in [0.1, 0.15) is 25.0 Å². The summed E-state index contributed by atoms with van der Waals surface area (Å²) in [5.74, 6) is -0.778. The molecule has 2 aliphatic rings. The van der Waals surface area contributed by atoms with E-state index in [0.717, 1.165) is 16.0 Å². The normalized spacial score (nSPS) is 24.0. The van der Waals surface area contributed by atoms with Crippen molar-refractivity contribution in [2.75, 3.05) is 20.3 Å². The van der Waals surface area contributed by atoms with Gasteiger partial charge in [0.25, 0.3) is 0 Å². The van der Waals surface area contributed by atoms with E-state index < -0.39 is 18.1 Å². The summed E-state index contributed by atoms with van der Waals surface area (Å²) in [6.45, 7) is 4.61. The molecule has 2 heterocycles. The van der Waals surface area contributed by atoms with Gasteiger partial charge in [0.1, 0.15) is 13.1 Å².